The monoisotopic (exact) mass is 394 g/mol. The Morgan fingerprint density at radius 3 is 2.34 bits per heavy atom. The van der Waals surface area contributed by atoms with Gasteiger partial charge in [0.25, 0.3) is 0 Å². The Morgan fingerprint density at radius 2 is 1.72 bits per heavy atom. The highest BCUT2D eigenvalue weighted by Crippen LogP contribution is 2.26. The Balaban J connectivity index is 1.78. The summed E-state index contributed by atoms with van der Waals surface area (Å²) in [6.07, 6.45) is 0.809. The van der Waals surface area contributed by atoms with E-state index in [2.05, 4.69) is 5.32 Å². The van der Waals surface area contributed by atoms with Crippen LogP contribution in [0.3, 0.4) is 0 Å². The van der Waals surface area contributed by atoms with E-state index >= 15 is 0 Å². The SMILES string of the molecule is CC(C)CC(=O)N1Cc2ccccc2CC1C(=O)Nc1ccc(CC(=O)O)cc1. The molecule has 152 valence electrons. The lowest BCUT2D eigenvalue weighted by Gasteiger charge is -2.36. The van der Waals surface area contributed by atoms with Crippen LogP contribution in [-0.4, -0.2) is 33.8 Å². The van der Waals surface area contributed by atoms with Gasteiger partial charge in [-0.2, -0.15) is 0 Å². The summed E-state index contributed by atoms with van der Waals surface area (Å²) >= 11 is 0. The number of hydrogen-bond donors (Lipinski definition) is 2. The van der Waals surface area contributed by atoms with Crippen molar-refractivity contribution in [3.8, 4) is 0 Å². The van der Waals surface area contributed by atoms with Crippen LogP contribution >= 0.6 is 0 Å². The second kappa shape index (κ2) is 8.90. The molecule has 2 aromatic rings. The van der Waals surface area contributed by atoms with Crippen LogP contribution in [0.15, 0.2) is 48.5 Å². The molecule has 1 aliphatic rings. The van der Waals surface area contributed by atoms with E-state index in [-0.39, 0.29) is 24.2 Å². The van der Waals surface area contributed by atoms with E-state index in [0.717, 1.165) is 11.1 Å². The maximum Gasteiger partial charge on any atom is 0.307 e. The summed E-state index contributed by atoms with van der Waals surface area (Å²) in [4.78, 5) is 38.3. The normalized spacial score (nSPS) is 15.7. The van der Waals surface area contributed by atoms with Gasteiger partial charge in [0.05, 0.1) is 6.42 Å². The number of nitrogens with zero attached hydrogens (tertiary/aromatic N) is 1. The number of carbonyl (C=O) groups is 3. The number of nitrogens with one attached hydrogen (secondary N) is 1. The number of carboxylic acids is 1. The predicted molar refractivity (Wildman–Crippen MR) is 110 cm³/mol. The summed E-state index contributed by atoms with van der Waals surface area (Å²) in [5, 5.41) is 11.7. The van der Waals surface area contributed by atoms with Gasteiger partial charge in [0.15, 0.2) is 0 Å². The van der Waals surface area contributed by atoms with Gasteiger partial charge in [0.1, 0.15) is 6.04 Å². The van der Waals surface area contributed by atoms with Crippen LogP contribution in [0, 0.1) is 5.92 Å². The van der Waals surface area contributed by atoms with Crippen LogP contribution in [-0.2, 0) is 33.8 Å². The van der Waals surface area contributed by atoms with E-state index in [9.17, 15) is 14.4 Å². The van der Waals surface area contributed by atoms with Crippen molar-refractivity contribution in [2.75, 3.05) is 5.32 Å². The minimum absolute atomic E-state index is 0.0218. The molecule has 0 fully saturated rings. The van der Waals surface area contributed by atoms with E-state index in [0.29, 0.717) is 30.6 Å². The highest BCUT2D eigenvalue weighted by atomic mass is 16.4. The number of hydrogen-bond acceptors (Lipinski definition) is 3. The predicted octanol–water partition coefficient (Wildman–Crippen LogP) is 3.25. The first-order valence-electron chi connectivity index (χ1n) is 9.81. The quantitative estimate of drug-likeness (QED) is 0.787. The molecular formula is C23H26N2O4. The zero-order valence-electron chi connectivity index (χ0n) is 16.7. The number of amides is 2. The van der Waals surface area contributed by atoms with Crippen molar-refractivity contribution >= 4 is 23.5 Å². The average molecular weight is 394 g/mol. The molecule has 0 saturated heterocycles. The largest absolute Gasteiger partial charge is 0.481 e. The Morgan fingerprint density at radius 1 is 1.07 bits per heavy atom. The lowest BCUT2D eigenvalue weighted by molar-refractivity contribution is -0.140. The minimum atomic E-state index is -0.901. The molecule has 0 radical (unpaired) electrons. The maximum atomic E-state index is 13.0. The molecule has 2 amide bonds. The molecule has 0 saturated carbocycles. The van der Waals surface area contributed by atoms with E-state index in [1.165, 1.54) is 0 Å². The molecule has 29 heavy (non-hydrogen) atoms. The lowest BCUT2D eigenvalue weighted by Crippen LogP contribution is -2.50. The van der Waals surface area contributed by atoms with Crippen molar-refractivity contribution in [1.82, 2.24) is 4.90 Å². The van der Waals surface area contributed by atoms with Crippen molar-refractivity contribution in [2.45, 2.75) is 45.7 Å². The molecule has 1 heterocycles. The molecule has 1 aliphatic heterocycles. The van der Waals surface area contributed by atoms with Crippen LogP contribution in [0.5, 0.6) is 0 Å². The van der Waals surface area contributed by atoms with Crippen LogP contribution < -0.4 is 5.32 Å². The van der Waals surface area contributed by atoms with Gasteiger partial charge in [-0.15, -0.1) is 0 Å². The van der Waals surface area contributed by atoms with Gasteiger partial charge < -0.3 is 15.3 Å². The van der Waals surface area contributed by atoms with Gasteiger partial charge in [0.2, 0.25) is 11.8 Å². The number of carboxylic acid groups (broad SMARTS) is 1. The highest BCUT2D eigenvalue weighted by molar-refractivity contribution is 5.97. The number of carbonyl (C=O) groups excluding carboxylic acids is 2. The van der Waals surface area contributed by atoms with E-state index in [1.807, 2.05) is 38.1 Å². The standard InChI is InChI=1S/C23H26N2O4/c1-15(2)11-21(26)25-14-18-6-4-3-5-17(18)13-20(25)23(29)24-19-9-7-16(8-10-19)12-22(27)28/h3-10,15,20H,11-14H2,1-2H3,(H,24,29)(H,27,28). The third-order valence-electron chi connectivity index (χ3n) is 5.03. The average Bonchev–Trinajstić information content (AvgIpc) is 2.67. The summed E-state index contributed by atoms with van der Waals surface area (Å²) in [5.41, 5.74) is 3.40. The van der Waals surface area contributed by atoms with Gasteiger partial charge in [-0.05, 0) is 34.7 Å². The fourth-order valence-electron chi connectivity index (χ4n) is 3.59. The molecule has 3 rings (SSSR count). The summed E-state index contributed by atoms with van der Waals surface area (Å²) in [7, 11) is 0. The van der Waals surface area contributed by atoms with Gasteiger partial charge in [-0.3, -0.25) is 14.4 Å². The molecule has 0 spiro atoms. The van der Waals surface area contributed by atoms with Gasteiger partial charge >= 0.3 is 5.97 Å². The second-order valence-electron chi connectivity index (χ2n) is 7.86. The summed E-state index contributed by atoms with van der Waals surface area (Å²) < 4.78 is 0. The Labute approximate surface area is 170 Å². The van der Waals surface area contributed by atoms with Crippen molar-refractivity contribution < 1.29 is 19.5 Å². The molecule has 1 unspecified atom stereocenters. The van der Waals surface area contributed by atoms with Crippen LogP contribution in [0.4, 0.5) is 5.69 Å². The van der Waals surface area contributed by atoms with Crippen molar-refractivity contribution in [3.05, 3.63) is 65.2 Å². The number of benzene rings is 2. The smallest absolute Gasteiger partial charge is 0.307 e. The first kappa shape index (κ1) is 20.6. The Hall–Kier alpha value is -3.15. The number of aliphatic carboxylic acids is 1. The molecule has 0 aliphatic carbocycles. The molecule has 0 aromatic heterocycles. The molecule has 1 atom stereocenters. The molecule has 0 bridgehead atoms. The number of fused-ring (bicyclic) bond motifs is 1. The third-order valence-corrected chi connectivity index (χ3v) is 5.03. The molecular weight excluding hydrogens is 368 g/mol. The summed E-state index contributed by atoms with van der Waals surface area (Å²) in [5.74, 6) is -0.943. The van der Waals surface area contributed by atoms with Crippen molar-refractivity contribution in [2.24, 2.45) is 5.92 Å². The maximum absolute atomic E-state index is 13.0. The lowest BCUT2D eigenvalue weighted by atomic mass is 9.92. The van der Waals surface area contributed by atoms with E-state index < -0.39 is 12.0 Å². The Kier molecular flexibility index (Phi) is 6.32. The molecule has 6 heteroatoms. The number of anilines is 1. The van der Waals surface area contributed by atoms with Crippen molar-refractivity contribution in [1.29, 1.82) is 0 Å². The van der Waals surface area contributed by atoms with Gasteiger partial charge in [-0.25, -0.2) is 0 Å². The zero-order chi connectivity index (χ0) is 21.0. The zero-order valence-corrected chi connectivity index (χ0v) is 16.7. The molecule has 2 aromatic carbocycles. The van der Waals surface area contributed by atoms with Gasteiger partial charge in [0, 0.05) is 25.1 Å². The van der Waals surface area contributed by atoms with Crippen LogP contribution in [0.25, 0.3) is 0 Å². The fraction of sp³-hybridized carbons (Fsp3) is 0.348. The van der Waals surface area contributed by atoms with E-state index in [4.69, 9.17) is 5.11 Å². The van der Waals surface area contributed by atoms with Crippen LogP contribution in [0.2, 0.25) is 0 Å². The first-order valence-corrected chi connectivity index (χ1v) is 9.81. The second-order valence-corrected chi connectivity index (χ2v) is 7.86. The van der Waals surface area contributed by atoms with Gasteiger partial charge in [-0.1, -0.05) is 50.2 Å². The third kappa shape index (κ3) is 5.22. The minimum Gasteiger partial charge on any atom is -0.481 e. The number of rotatable bonds is 6. The van der Waals surface area contributed by atoms with E-state index in [1.54, 1.807) is 29.2 Å². The Bertz CT molecular complexity index is 905. The molecule has 2 N–H and O–H groups in total. The first-order chi connectivity index (χ1) is 13.8. The van der Waals surface area contributed by atoms with Crippen LogP contribution in [0.1, 0.15) is 37.0 Å². The van der Waals surface area contributed by atoms with Crippen molar-refractivity contribution in [3.63, 3.8) is 0 Å². The molecule has 6 nitrogen and oxygen atoms in total. The summed E-state index contributed by atoms with van der Waals surface area (Å²) in [6.45, 7) is 4.41. The highest BCUT2D eigenvalue weighted by Gasteiger charge is 2.34. The fourth-order valence-corrected chi connectivity index (χ4v) is 3.59. The summed E-state index contributed by atoms with van der Waals surface area (Å²) in [6, 6.07) is 14.1. The topological polar surface area (TPSA) is 86.7 Å².